The van der Waals surface area contributed by atoms with Gasteiger partial charge in [0.05, 0.1) is 109 Å². The lowest BCUT2D eigenvalue weighted by Crippen LogP contribution is -2.53. The number of H-pyrrole nitrogens is 1. The van der Waals surface area contributed by atoms with Gasteiger partial charge in [-0.05, 0) is 112 Å². The number of aromatic amines is 1. The van der Waals surface area contributed by atoms with Crippen molar-refractivity contribution in [1.82, 2.24) is 54.4 Å². The Hall–Kier alpha value is -12.4. The number of carbonyl (C=O) groups excluding carboxylic acids is 10. The van der Waals surface area contributed by atoms with Gasteiger partial charge in [-0.15, -0.1) is 0 Å². The summed E-state index contributed by atoms with van der Waals surface area (Å²) >= 11 is 0. The van der Waals surface area contributed by atoms with Gasteiger partial charge in [-0.3, -0.25) is 102 Å². The molecule has 43 nitrogen and oxygen atoms in total. The van der Waals surface area contributed by atoms with E-state index in [9.17, 15) is 103 Å². The molecule has 10 N–H and O–H groups in total. The molecule has 0 radical (unpaired) electrons. The van der Waals surface area contributed by atoms with Gasteiger partial charge in [0.25, 0.3) is 22.7 Å². The van der Waals surface area contributed by atoms with E-state index in [2.05, 4.69) is 10.3 Å². The molecule has 7 aromatic rings. The number of amides is 10. The van der Waals surface area contributed by atoms with E-state index in [1.165, 1.54) is 86.3 Å². The van der Waals surface area contributed by atoms with Crippen molar-refractivity contribution >= 4 is 116 Å². The van der Waals surface area contributed by atoms with Crippen LogP contribution in [0.3, 0.4) is 0 Å². The Morgan fingerprint density at radius 3 is 1.04 bits per heavy atom. The Morgan fingerprint density at radius 2 is 0.685 bits per heavy atom. The molecule has 702 valence electrons. The van der Waals surface area contributed by atoms with E-state index in [1.54, 1.807) is 81.6 Å². The van der Waals surface area contributed by atoms with E-state index in [0.717, 1.165) is 81.2 Å². The molecule has 0 fully saturated rings. The average molecular weight is 1870 g/mol. The number of para-hydroxylation sites is 1. The van der Waals surface area contributed by atoms with Crippen LogP contribution in [-0.4, -0.2) is 280 Å². The van der Waals surface area contributed by atoms with E-state index in [0.29, 0.717) is 22.0 Å². The molecule has 0 aliphatic heterocycles. The number of nitro benzene ring substituents is 4. The number of carbonyl (C=O) groups is 10. The first-order valence-corrected chi connectivity index (χ1v) is 46.8. The van der Waals surface area contributed by atoms with E-state index in [4.69, 9.17) is 5.73 Å². The van der Waals surface area contributed by atoms with Gasteiger partial charge < -0.3 is 89.5 Å². The number of nitrogens with zero attached hydrogens (tertiary/aromatic N) is 13. The number of aromatic nitrogens is 1. The van der Waals surface area contributed by atoms with Gasteiger partial charge in [-0.25, -0.2) is 0 Å². The summed E-state index contributed by atoms with van der Waals surface area (Å²) < 4.78 is 37.3. The molecule has 0 aliphatic carbocycles. The zero-order chi connectivity index (χ0) is 96.1. The Morgan fingerprint density at radius 1 is 0.377 bits per heavy atom. The summed E-state index contributed by atoms with van der Waals surface area (Å²) in [5, 5.41) is 50.7. The highest BCUT2D eigenvalue weighted by Gasteiger charge is 2.37. The van der Waals surface area contributed by atoms with E-state index in [1.807, 2.05) is 0 Å². The third-order valence-corrected chi connectivity index (χ3v) is 24.4. The second kappa shape index (κ2) is 48.8. The molecule has 46 heteroatoms. The number of fused-ring (bicyclic) bond motifs is 1. The van der Waals surface area contributed by atoms with Crippen molar-refractivity contribution in [1.29, 1.82) is 0 Å². The molecule has 0 bridgehead atoms. The molecule has 1 aromatic heterocycles. The van der Waals surface area contributed by atoms with Crippen molar-refractivity contribution < 1.29 is 111 Å². The normalized spacial score (nSPS) is 12.5. The quantitative estimate of drug-likeness (QED) is 0.0106. The molecule has 0 aliphatic rings. The number of benzene rings is 6. The third kappa shape index (κ3) is 33.6. The van der Waals surface area contributed by atoms with Crippen LogP contribution in [0.2, 0.25) is 0 Å². The van der Waals surface area contributed by atoms with E-state index in [-0.39, 0.29) is 72.0 Å². The molecule has 10 amide bonds. The Balaban J connectivity index is 1.27. The molecule has 7 rings (SSSR count). The number of nitro groups is 4. The first kappa shape index (κ1) is 105. The molecule has 0 spiro atoms. The molecular weight excluding hydrogens is 1760 g/mol. The highest BCUT2D eigenvalue weighted by Crippen LogP contribution is 2.38. The van der Waals surface area contributed by atoms with Crippen LogP contribution in [0.5, 0.6) is 0 Å². The molecule has 4 atom stereocenters. The fraction of sp³-hybridized carbons (Fsp3) is 0.429. The zero-order valence-corrected chi connectivity index (χ0v) is 75.2. The van der Waals surface area contributed by atoms with Crippen LogP contribution in [0, 0.1) is 46.4 Å². The number of primary amides is 1. The number of nitrogens with two attached hydrogens (primary N) is 1. The van der Waals surface area contributed by atoms with Crippen LogP contribution in [0.1, 0.15) is 125 Å². The van der Waals surface area contributed by atoms with Gasteiger partial charge in [0.2, 0.25) is 59.1 Å². The molecule has 0 saturated heterocycles. The number of hydrogen-bond donors (Lipinski definition) is 9. The predicted octanol–water partition coefficient (Wildman–Crippen LogP) is 6.91. The van der Waals surface area contributed by atoms with Crippen molar-refractivity contribution in [2.45, 2.75) is 104 Å². The SMILES string of the molecule is CC(C)CCN(CC(=O)N(CCCP(=O)(O)O)CC(=O)N(CC(N)=O)[C@@H](C)c1ccc([N+](=O)[O-])cc1)C(=O)CN(CCCP(=O)(O)O)C(=O)CN(C(=O)CN(CCc1c[nH]c2ccccc12)C(=O)CN(CCCP(=O)(O)O)C(=O)CN(C(=O)CN(CCc1ccccc1)C(=O)CN[C@@H](C)c1ccc([N+](=O)[O-])cc1)[C@@H](C)c1ccc([N+](=O)[O-])cc1)[C@@H](C)c1ccc([N+](=O)[O-])cc1. The highest BCUT2D eigenvalue weighted by atomic mass is 31.2. The maximum absolute atomic E-state index is 15.9. The standard InChI is InChI=1S/C84H109N16O27P3/c1-58(2)35-41-92(52-77(103)90(40-14-46-130(125,126)127)53-82(108)94(49-75(85)101)60(4)65-21-29-70(30-22-65)98(113)114)78(104)50-88(38-12-44-128(119,120)121)81(107)57-96(62(6)67-25-33-72(34-26-67)100(117)118)84(110)55-93(43-37-68-47-87-74-18-11-10-17-73(68)74)79(105)51-89(39-13-45-129(122,123)124)80(106)56-95(61(5)66-23-31-71(32-24-66)99(115)116)83(109)54-91(42-36-63-15-8-7-9-16-63)76(102)48-86-59(3)64-19-27-69(28-20-64)97(111)112/h7-11,15-34,47,58-62,86-87H,12-14,35-46,48-57H2,1-6H3,(H2,85,101)(H2,119,120,121)(H2,122,123,124)(H2,125,126,127)/t59-,60-,61-,62-/m0/s1. The largest absolute Gasteiger partial charge is 0.368 e. The highest BCUT2D eigenvalue weighted by molar-refractivity contribution is 7.52. The summed E-state index contributed by atoms with van der Waals surface area (Å²) in [6.07, 6.45) is -2.05. The fourth-order valence-corrected chi connectivity index (χ4v) is 15.8. The zero-order valence-electron chi connectivity index (χ0n) is 72.6. The number of hydrogen-bond acceptors (Lipinski definition) is 22. The molecule has 0 unspecified atom stereocenters. The first-order valence-electron chi connectivity index (χ1n) is 41.4. The van der Waals surface area contributed by atoms with Gasteiger partial charge in [0.1, 0.15) is 13.1 Å². The van der Waals surface area contributed by atoms with Gasteiger partial charge in [0, 0.05) is 111 Å². The van der Waals surface area contributed by atoms with Crippen molar-refractivity contribution in [2.24, 2.45) is 11.7 Å². The van der Waals surface area contributed by atoms with Gasteiger partial charge in [-0.1, -0.05) is 111 Å². The minimum atomic E-state index is -4.90. The predicted molar refractivity (Wildman–Crippen MR) is 474 cm³/mol. The minimum Gasteiger partial charge on any atom is -0.368 e. The van der Waals surface area contributed by atoms with Crippen molar-refractivity contribution in [3.05, 3.63) is 232 Å². The number of rotatable bonds is 53. The maximum atomic E-state index is 15.9. The minimum absolute atomic E-state index is 0.0595. The Labute approximate surface area is 748 Å². The van der Waals surface area contributed by atoms with E-state index < -0.39 is 261 Å². The molecular formula is C84H109N16O27P3. The van der Waals surface area contributed by atoms with Crippen LogP contribution < -0.4 is 11.1 Å². The second-order valence-corrected chi connectivity index (χ2v) is 37.0. The molecule has 6 aromatic carbocycles. The van der Waals surface area contributed by atoms with Crippen molar-refractivity contribution in [3.63, 3.8) is 0 Å². The number of non-ortho nitro benzene ring substituents is 4. The smallest absolute Gasteiger partial charge is 0.325 e. The topological polar surface area (TPSA) is 599 Å². The summed E-state index contributed by atoms with van der Waals surface area (Å²) in [7, 11) is -14.6. The van der Waals surface area contributed by atoms with Crippen molar-refractivity contribution in [2.75, 3.05) is 123 Å². The van der Waals surface area contributed by atoms with Crippen LogP contribution in [-0.2, 0) is 74.5 Å². The van der Waals surface area contributed by atoms with Gasteiger partial charge in [-0.2, -0.15) is 0 Å². The van der Waals surface area contributed by atoms with Gasteiger partial charge in [0.15, 0.2) is 0 Å². The summed E-state index contributed by atoms with van der Waals surface area (Å²) in [6, 6.07) is 31.9. The number of nitrogens with one attached hydrogen (secondary N) is 2. The van der Waals surface area contributed by atoms with Crippen LogP contribution in [0.25, 0.3) is 10.9 Å². The lowest BCUT2D eigenvalue weighted by Gasteiger charge is -2.35. The van der Waals surface area contributed by atoms with Crippen LogP contribution in [0.4, 0.5) is 22.7 Å². The van der Waals surface area contributed by atoms with Crippen molar-refractivity contribution in [3.8, 4) is 0 Å². The van der Waals surface area contributed by atoms with Crippen LogP contribution in [0.15, 0.2) is 158 Å². The summed E-state index contributed by atoms with van der Waals surface area (Å²) in [5.41, 5.74) is 7.53. The Bertz CT molecular complexity index is 5290. The molecule has 0 saturated carbocycles. The second-order valence-electron chi connectivity index (χ2n) is 31.7. The monoisotopic (exact) mass is 1870 g/mol. The average Bonchev–Trinajstić information content (AvgIpc) is 1.23. The fourth-order valence-electron chi connectivity index (χ4n) is 14.1. The lowest BCUT2D eigenvalue weighted by atomic mass is 10.1. The maximum Gasteiger partial charge on any atom is 0.325 e. The molecule has 1 heterocycles. The summed E-state index contributed by atoms with van der Waals surface area (Å²) in [6.45, 7) is -1.75. The van der Waals surface area contributed by atoms with Crippen LogP contribution >= 0.6 is 22.8 Å². The lowest BCUT2D eigenvalue weighted by molar-refractivity contribution is -0.385. The summed E-state index contributed by atoms with van der Waals surface area (Å²) in [5.74, 6) is -10.0. The summed E-state index contributed by atoms with van der Waals surface area (Å²) in [4.78, 5) is 266. The van der Waals surface area contributed by atoms with Gasteiger partial charge >= 0.3 is 22.8 Å². The van der Waals surface area contributed by atoms with E-state index >= 15 is 28.8 Å². The molecule has 130 heavy (non-hydrogen) atoms. The Kier molecular flexibility index (Phi) is 39.3. The third-order valence-electron chi connectivity index (χ3n) is 21.7. The first-order chi connectivity index (χ1) is 61.1.